The third kappa shape index (κ3) is 2.26. The first-order chi connectivity index (χ1) is 9.06. The minimum absolute atomic E-state index is 0.224. The molecule has 0 bridgehead atoms. The van der Waals surface area contributed by atoms with Crippen molar-refractivity contribution in [3.8, 4) is 0 Å². The molecule has 1 amide bonds. The van der Waals surface area contributed by atoms with E-state index in [4.69, 9.17) is 5.11 Å². The van der Waals surface area contributed by atoms with Gasteiger partial charge in [0.05, 0.1) is 15.2 Å². The Morgan fingerprint density at radius 1 is 1.63 bits per heavy atom. The van der Waals surface area contributed by atoms with E-state index in [9.17, 15) is 9.59 Å². The Hall–Kier alpha value is -1.06. The molecular weight excluding hydrogens is 354 g/mol. The van der Waals surface area contributed by atoms with Crippen LogP contribution in [0.2, 0.25) is 0 Å². The van der Waals surface area contributed by atoms with Gasteiger partial charge in [-0.15, -0.1) is 23.1 Å². The zero-order valence-corrected chi connectivity index (χ0v) is 12.6. The van der Waals surface area contributed by atoms with Crippen molar-refractivity contribution in [1.82, 2.24) is 14.9 Å². The number of nitrogens with one attached hydrogen (secondary N) is 1. The fourth-order valence-corrected chi connectivity index (χ4v) is 4.52. The average molecular weight is 362 g/mol. The summed E-state index contributed by atoms with van der Waals surface area (Å²) in [4.78, 5) is 31.5. The van der Waals surface area contributed by atoms with Gasteiger partial charge in [0.25, 0.3) is 5.56 Å². The summed E-state index contributed by atoms with van der Waals surface area (Å²) in [6.07, 6.45) is -0.996. The predicted octanol–water partition coefficient (Wildman–Crippen LogP) is 2.47. The molecule has 2 N–H and O–H groups in total. The molecule has 0 spiro atoms. The van der Waals surface area contributed by atoms with E-state index in [-0.39, 0.29) is 5.56 Å². The van der Waals surface area contributed by atoms with E-state index < -0.39 is 12.1 Å². The lowest BCUT2D eigenvalue weighted by molar-refractivity contribution is 0.141. The molecule has 19 heavy (non-hydrogen) atoms. The summed E-state index contributed by atoms with van der Waals surface area (Å²) in [6.45, 7) is 0. The molecule has 0 unspecified atom stereocenters. The molecule has 1 atom stereocenters. The molecule has 0 aromatic carbocycles. The molecule has 2 aromatic heterocycles. The SMILES string of the molecule is O=C(O)N1CSC[C@H]1c1nc2cc(Br)sc2c(=O)[nH]1. The number of aromatic amines is 1. The highest BCUT2D eigenvalue weighted by Gasteiger charge is 2.32. The summed E-state index contributed by atoms with van der Waals surface area (Å²) in [5, 5.41) is 9.12. The second-order valence-corrected chi connectivity index (χ2v) is 7.42. The Morgan fingerprint density at radius 2 is 2.42 bits per heavy atom. The van der Waals surface area contributed by atoms with Crippen LogP contribution in [0.15, 0.2) is 14.6 Å². The average Bonchev–Trinajstić information content (AvgIpc) is 2.93. The molecule has 0 radical (unpaired) electrons. The molecular formula is C10H8BrN3O3S2. The molecule has 0 aliphatic carbocycles. The highest BCUT2D eigenvalue weighted by atomic mass is 79.9. The Kier molecular flexibility index (Phi) is 3.27. The standard InChI is InChI=1S/C10H8BrN3O3S2/c11-6-1-4-7(19-6)9(15)13-8(12-4)5-2-18-3-14(5)10(16)17/h1,5H,2-3H2,(H,16,17)(H,12,13,15)/t5-/m0/s1. The Morgan fingerprint density at radius 3 is 3.16 bits per heavy atom. The van der Waals surface area contributed by atoms with Crippen LogP contribution >= 0.6 is 39.0 Å². The van der Waals surface area contributed by atoms with Gasteiger partial charge in [0, 0.05) is 5.75 Å². The fraction of sp³-hybridized carbons (Fsp3) is 0.300. The molecule has 3 rings (SSSR count). The maximum Gasteiger partial charge on any atom is 0.408 e. The quantitative estimate of drug-likeness (QED) is 0.814. The fourth-order valence-electron chi connectivity index (χ4n) is 1.94. The number of fused-ring (bicyclic) bond motifs is 1. The second-order valence-electron chi connectivity index (χ2n) is 3.98. The maximum absolute atomic E-state index is 12.0. The Bertz CT molecular complexity index is 714. The van der Waals surface area contributed by atoms with Gasteiger partial charge in [-0.05, 0) is 22.0 Å². The Balaban J connectivity index is 2.10. The smallest absolute Gasteiger partial charge is 0.408 e. The third-order valence-electron chi connectivity index (χ3n) is 2.81. The largest absolute Gasteiger partial charge is 0.465 e. The lowest BCUT2D eigenvalue weighted by Crippen LogP contribution is -2.31. The molecule has 100 valence electrons. The number of carboxylic acid groups (broad SMARTS) is 1. The predicted molar refractivity (Wildman–Crippen MR) is 77.9 cm³/mol. The van der Waals surface area contributed by atoms with E-state index in [0.29, 0.717) is 27.7 Å². The summed E-state index contributed by atoms with van der Waals surface area (Å²) in [5.41, 5.74) is 0.371. The molecule has 1 saturated heterocycles. The first kappa shape index (κ1) is 12.9. The van der Waals surface area contributed by atoms with Gasteiger partial charge in [-0.2, -0.15) is 0 Å². The van der Waals surface area contributed by atoms with Crippen LogP contribution in [0.1, 0.15) is 11.9 Å². The highest BCUT2D eigenvalue weighted by molar-refractivity contribution is 9.11. The maximum atomic E-state index is 12.0. The second kappa shape index (κ2) is 4.80. The van der Waals surface area contributed by atoms with E-state index in [1.54, 1.807) is 6.07 Å². The van der Waals surface area contributed by atoms with Crippen molar-refractivity contribution in [2.45, 2.75) is 6.04 Å². The van der Waals surface area contributed by atoms with Crippen molar-refractivity contribution in [2.75, 3.05) is 11.6 Å². The van der Waals surface area contributed by atoms with Crippen molar-refractivity contribution >= 4 is 55.3 Å². The molecule has 1 aliphatic rings. The normalized spacial score (nSPS) is 19.2. The van der Waals surface area contributed by atoms with E-state index in [1.807, 2.05) is 0 Å². The number of amides is 1. The van der Waals surface area contributed by atoms with Gasteiger partial charge in [0.15, 0.2) is 0 Å². The van der Waals surface area contributed by atoms with Crippen LogP contribution < -0.4 is 5.56 Å². The van der Waals surface area contributed by atoms with Crippen molar-refractivity contribution in [3.63, 3.8) is 0 Å². The molecule has 9 heteroatoms. The molecule has 3 heterocycles. The molecule has 6 nitrogen and oxygen atoms in total. The van der Waals surface area contributed by atoms with Crippen LogP contribution in [0, 0.1) is 0 Å². The molecule has 2 aromatic rings. The van der Waals surface area contributed by atoms with Gasteiger partial charge in [-0.25, -0.2) is 9.78 Å². The topological polar surface area (TPSA) is 86.3 Å². The number of thioether (sulfide) groups is 1. The summed E-state index contributed by atoms with van der Waals surface area (Å²) < 4.78 is 1.37. The highest BCUT2D eigenvalue weighted by Crippen LogP contribution is 2.32. The summed E-state index contributed by atoms with van der Waals surface area (Å²) in [6, 6.07) is 1.38. The van der Waals surface area contributed by atoms with Crippen molar-refractivity contribution in [3.05, 3.63) is 26.0 Å². The first-order valence-corrected chi connectivity index (χ1v) is 8.09. The van der Waals surface area contributed by atoms with Gasteiger partial charge in [0.1, 0.15) is 16.6 Å². The number of halogens is 1. The number of nitrogens with zero attached hydrogens (tertiary/aromatic N) is 2. The lowest BCUT2D eigenvalue weighted by atomic mass is 10.3. The summed E-state index contributed by atoms with van der Waals surface area (Å²) in [5.74, 6) is 1.41. The zero-order valence-electron chi connectivity index (χ0n) is 9.42. The monoisotopic (exact) mass is 361 g/mol. The van der Waals surface area contributed by atoms with E-state index in [2.05, 4.69) is 25.9 Å². The van der Waals surface area contributed by atoms with Gasteiger partial charge in [-0.1, -0.05) is 0 Å². The van der Waals surface area contributed by atoms with E-state index in [0.717, 1.165) is 3.79 Å². The first-order valence-electron chi connectivity index (χ1n) is 5.33. The van der Waals surface area contributed by atoms with Crippen molar-refractivity contribution < 1.29 is 9.90 Å². The number of hydrogen-bond donors (Lipinski definition) is 2. The van der Waals surface area contributed by atoms with Crippen molar-refractivity contribution in [1.29, 1.82) is 0 Å². The molecule has 1 aliphatic heterocycles. The number of carbonyl (C=O) groups is 1. The van der Waals surface area contributed by atoms with Crippen molar-refractivity contribution in [2.24, 2.45) is 0 Å². The van der Waals surface area contributed by atoms with Gasteiger partial charge in [-0.3, -0.25) is 9.69 Å². The van der Waals surface area contributed by atoms with Gasteiger partial charge < -0.3 is 10.1 Å². The third-order valence-corrected chi connectivity index (χ3v) is 5.45. The van der Waals surface area contributed by atoms with E-state index in [1.165, 1.54) is 28.0 Å². The zero-order chi connectivity index (χ0) is 13.6. The summed E-state index contributed by atoms with van der Waals surface area (Å²) >= 11 is 6.14. The van der Waals surface area contributed by atoms with Gasteiger partial charge in [0.2, 0.25) is 0 Å². The van der Waals surface area contributed by atoms with Crippen LogP contribution in [0.25, 0.3) is 10.2 Å². The minimum Gasteiger partial charge on any atom is -0.465 e. The van der Waals surface area contributed by atoms with Crippen LogP contribution in [0.4, 0.5) is 4.79 Å². The number of thiophene rings is 1. The number of aromatic nitrogens is 2. The Labute approximate surface area is 124 Å². The van der Waals surface area contributed by atoms with Crippen LogP contribution in [-0.4, -0.2) is 37.7 Å². The summed E-state index contributed by atoms with van der Waals surface area (Å²) in [7, 11) is 0. The minimum atomic E-state index is -0.996. The van der Waals surface area contributed by atoms with Crippen LogP contribution in [-0.2, 0) is 0 Å². The number of rotatable bonds is 1. The van der Waals surface area contributed by atoms with Crippen LogP contribution in [0.3, 0.4) is 0 Å². The van der Waals surface area contributed by atoms with Gasteiger partial charge >= 0.3 is 6.09 Å². The molecule has 0 saturated carbocycles. The van der Waals surface area contributed by atoms with Crippen LogP contribution in [0.5, 0.6) is 0 Å². The van der Waals surface area contributed by atoms with E-state index >= 15 is 0 Å². The number of H-pyrrole nitrogens is 1. The molecule has 1 fully saturated rings. The lowest BCUT2D eigenvalue weighted by Gasteiger charge is -2.19. The number of hydrogen-bond acceptors (Lipinski definition) is 5.